The number of nitrogens with one attached hydrogen (secondary N) is 1. The number of ether oxygens (including phenoxy) is 2. The van der Waals surface area contributed by atoms with E-state index in [1.807, 2.05) is 48.6 Å². The zero-order valence-electron chi connectivity index (χ0n) is 19.7. The number of pyridine rings is 1. The Morgan fingerprint density at radius 3 is 2.61 bits per heavy atom. The lowest BCUT2D eigenvalue weighted by molar-refractivity contribution is 0.0238. The first-order chi connectivity index (χ1) is 15.9. The van der Waals surface area contributed by atoms with Crippen molar-refractivity contribution < 1.29 is 19.1 Å². The molecule has 0 spiro atoms. The summed E-state index contributed by atoms with van der Waals surface area (Å²) >= 11 is 0. The zero-order chi connectivity index (χ0) is 23.5. The second kappa shape index (κ2) is 9.77. The molecule has 0 saturated carbocycles. The van der Waals surface area contributed by atoms with Crippen LogP contribution in [0.25, 0.3) is 16.6 Å². The number of esters is 1. The number of aromatic nitrogens is 1. The predicted molar refractivity (Wildman–Crippen MR) is 129 cm³/mol. The maximum atomic E-state index is 13.5. The van der Waals surface area contributed by atoms with Crippen molar-refractivity contribution in [1.82, 2.24) is 9.72 Å². The number of carbonyl (C=O) groups excluding carboxylic acids is 2. The molecular weight excluding hydrogens is 418 g/mol. The number of anilines is 1. The maximum absolute atomic E-state index is 13.5. The van der Waals surface area contributed by atoms with Crippen molar-refractivity contribution >= 4 is 23.0 Å². The molecule has 1 saturated heterocycles. The molecule has 33 heavy (non-hydrogen) atoms. The topological polar surface area (TPSA) is 72.3 Å². The fourth-order valence-corrected chi connectivity index (χ4v) is 4.34. The van der Waals surface area contributed by atoms with Gasteiger partial charge in [0.1, 0.15) is 0 Å². The van der Waals surface area contributed by atoms with Crippen LogP contribution in [0, 0.1) is 6.92 Å². The minimum atomic E-state index is -0.419. The van der Waals surface area contributed by atoms with Crippen LogP contribution in [-0.4, -0.2) is 62.7 Å². The van der Waals surface area contributed by atoms with Crippen molar-refractivity contribution in [3.8, 4) is 11.1 Å². The molecule has 174 valence electrons. The van der Waals surface area contributed by atoms with E-state index in [9.17, 15) is 9.59 Å². The number of nitrogens with zero attached hydrogens (tertiary/aromatic N) is 2. The summed E-state index contributed by atoms with van der Waals surface area (Å²) in [5, 5.41) is 3.27. The highest BCUT2D eigenvalue weighted by atomic mass is 16.5. The largest absolute Gasteiger partial charge is 0.462 e. The molecule has 3 aromatic rings. The molecule has 1 atom stereocenters. The molecular formula is C26H31N3O4. The lowest BCUT2D eigenvalue weighted by Crippen LogP contribution is -2.39. The van der Waals surface area contributed by atoms with Crippen molar-refractivity contribution in [1.29, 1.82) is 0 Å². The summed E-state index contributed by atoms with van der Waals surface area (Å²) in [4.78, 5) is 28.3. The van der Waals surface area contributed by atoms with Crippen LogP contribution in [0.5, 0.6) is 0 Å². The second-order valence-electron chi connectivity index (χ2n) is 8.50. The highest BCUT2D eigenvalue weighted by Gasteiger charge is 2.25. The summed E-state index contributed by atoms with van der Waals surface area (Å²) < 4.78 is 13.0. The Balaban J connectivity index is 1.82. The lowest BCUT2D eigenvalue weighted by atomic mass is 9.99. The SMILES string of the molecule is CCOC(=O)c1cc2c(-c3ccc(N(C)C)cc3)ccn2c(C(=O)CC2CNCCO2)c1C. The first kappa shape index (κ1) is 23.0. The molecule has 1 fully saturated rings. The Bertz CT molecular complexity index is 1160. The number of Topliss-reactive ketones (excluding diaryl/α,β-unsaturated/α-hetero) is 1. The maximum Gasteiger partial charge on any atom is 0.338 e. The van der Waals surface area contributed by atoms with Crippen molar-refractivity contribution in [2.24, 2.45) is 0 Å². The molecule has 1 N–H and O–H groups in total. The summed E-state index contributed by atoms with van der Waals surface area (Å²) in [6.45, 7) is 5.88. The standard InChI is InChI=1S/C26H31N3O4/c1-5-32-26(31)22-15-23-21(18-6-8-19(9-7-18)28(3)4)10-12-29(23)25(17(22)2)24(30)14-20-16-27-11-13-33-20/h6-10,12,15,20,27H,5,11,13-14,16H2,1-4H3. The molecule has 1 aliphatic heterocycles. The molecule has 1 unspecified atom stereocenters. The van der Waals surface area contributed by atoms with Crippen LogP contribution in [0.2, 0.25) is 0 Å². The van der Waals surface area contributed by atoms with Gasteiger partial charge in [-0.2, -0.15) is 0 Å². The number of hydrogen-bond donors (Lipinski definition) is 1. The van der Waals surface area contributed by atoms with Crippen LogP contribution < -0.4 is 10.2 Å². The van der Waals surface area contributed by atoms with E-state index in [1.54, 1.807) is 6.92 Å². The van der Waals surface area contributed by atoms with Gasteiger partial charge in [-0.15, -0.1) is 0 Å². The molecule has 2 aromatic heterocycles. The van der Waals surface area contributed by atoms with Gasteiger partial charge in [-0.1, -0.05) is 12.1 Å². The molecule has 0 bridgehead atoms. The van der Waals surface area contributed by atoms with Gasteiger partial charge in [0.05, 0.1) is 36.1 Å². The van der Waals surface area contributed by atoms with Gasteiger partial charge < -0.3 is 24.1 Å². The van der Waals surface area contributed by atoms with E-state index in [1.165, 1.54) is 0 Å². The van der Waals surface area contributed by atoms with Crippen LogP contribution in [0.3, 0.4) is 0 Å². The number of rotatable bonds is 7. The van der Waals surface area contributed by atoms with E-state index in [2.05, 4.69) is 29.6 Å². The number of hydrogen-bond acceptors (Lipinski definition) is 6. The van der Waals surface area contributed by atoms with Gasteiger partial charge in [0, 0.05) is 51.1 Å². The third-order valence-electron chi connectivity index (χ3n) is 6.08. The number of ketones is 1. The van der Waals surface area contributed by atoms with Crippen molar-refractivity contribution in [2.75, 3.05) is 45.3 Å². The van der Waals surface area contributed by atoms with Crippen LogP contribution in [0.1, 0.15) is 39.8 Å². The summed E-state index contributed by atoms with van der Waals surface area (Å²) in [6.07, 6.45) is 1.97. The molecule has 1 aliphatic rings. The smallest absolute Gasteiger partial charge is 0.338 e. The van der Waals surface area contributed by atoms with Gasteiger partial charge in [-0.05, 0) is 49.2 Å². The Hall–Kier alpha value is -3.16. The van der Waals surface area contributed by atoms with Crippen molar-refractivity contribution in [2.45, 2.75) is 26.4 Å². The Labute approximate surface area is 194 Å². The monoisotopic (exact) mass is 449 g/mol. The molecule has 4 rings (SSSR count). The quantitative estimate of drug-likeness (QED) is 0.438. The average molecular weight is 450 g/mol. The summed E-state index contributed by atoms with van der Waals surface area (Å²) in [5.41, 5.74) is 5.41. The normalized spacial score (nSPS) is 16.1. The summed E-state index contributed by atoms with van der Waals surface area (Å²) in [5.74, 6) is -0.473. The van der Waals surface area contributed by atoms with Gasteiger partial charge in [-0.3, -0.25) is 4.79 Å². The van der Waals surface area contributed by atoms with E-state index in [-0.39, 0.29) is 24.9 Å². The van der Waals surface area contributed by atoms with Crippen LogP contribution >= 0.6 is 0 Å². The molecule has 1 aromatic carbocycles. The minimum absolute atomic E-state index is 0.0533. The van der Waals surface area contributed by atoms with Crippen LogP contribution in [-0.2, 0) is 9.47 Å². The van der Waals surface area contributed by atoms with Crippen molar-refractivity contribution in [3.63, 3.8) is 0 Å². The van der Waals surface area contributed by atoms with E-state index in [0.29, 0.717) is 30.0 Å². The fraction of sp³-hybridized carbons (Fsp3) is 0.385. The molecule has 3 heterocycles. The Morgan fingerprint density at radius 1 is 1.21 bits per heavy atom. The number of morpholine rings is 1. The summed E-state index contributed by atoms with van der Waals surface area (Å²) in [6, 6.07) is 12.0. The number of benzene rings is 1. The summed E-state index contributed by atoms with van der Waals surface area (Å²) in [7, 11) is 4.00. The van der Waals surface area contributed by atoms with Gasteiger partial charge in [0.15, 0.2) is 5.78 Å². The second-order valence-corrected chi connectivity index (χ2v) is 8.50. The zero-order valence-corrected chi connectivity index (χ0v) is 19.7. The van der Waals surface area contributed by atoms with Gasteiger partial charge in [-0.25, -0.2) is 4.79 Å². The Kier molecular flexibility index (Phi) is 6.81. The third kappa shape index (κ3) is 4.65. The van der Waals surface area contributed by atoms with Gasteiger partial charge in [0.25, 0.3) is 0 Å². The fourth-order valence-electron chi connectivity index (χ4n) is 4.34. The van der Waals surface area contributed by atoms with E-state index in [4.69, 9.17) is 9.47 Å². The number of carbonyl (C=O) groups is 2. The van der Waals surface area contributed by atoms with E-state index < -0.39 is 5.97 Å². The molecule has 7 heteroatoms. The van der Waals surface area contributed by atoms with E-state index in [0.717, 1.165) is 28.9 Å². The highest BCUT2D eigenvalue weighted by Crippen LogP contribution is 2.31. The van der Waals surface area contributed by atoms with Gasteiger partial charge in [0.2, 0.25) is 0 Å². The lowest BCUT2D eigenvalue weighted by Gasteiger charge is -2.23. The number of fused-ring (bicyclic) bond motifs is 1. The van der Waals surface area contributed by atoms with E-state index >= 15 is 0 Å². The molecule has 0 amide bonds. The molecule has 0 aliphatic carbocycles. The molecule has 0 radical (unpaired) electrons. The first-order valence-corrected chi connectivity index (χ1v) is 11.4. The Morgan fingerprint density at radius 2 is 1.97 bits per heavy atom. The minimum Gasteiger partial charge on any atom is -0.462 e. The highest BCUT2D eigenvalue weighted by molar-refractivity contribution is 6.03. The van der Waals surface area contributed by atoms with Gasteiger partial charge >= 0.3 is 5.97 Å². The third-order valence-corrected chi connectivity index (χ3v) is 6.08. The first-order valence-electron chi connectivity index (χ1n) is 11.4. The van der Waals surface area contributed by atoms with Crippen molar-refractivity contribution in [3.05, 3.63) is 59.4 Å². The van der Waals surface area contributed by atoms with Crippen LogP contribution in [0.15, 0.2) is 42.6 Å². The predicted octanol–water partition coefficient (Wildman–Crippen LogP) is 3.72. The van der Waals surface area contributed by atoms with Crippen LogP contribution in [0.4, 0.5) is 5.69 Å². The molecule has 7 nitrogen and oxygen atoms in total. The average Bonchev–Trinajstić information content (AvgIpc) is 3.22.